The van der Waals surface area contributed by atoms with Gasteiger partial charge in [-0.15, -0.1) is 11.3 Å². The van der Waals surface area contributed by atoms with Crippen molar-refractivity contribution in [1.29, 1.82) is 5.26 Å². The molecule has 41 heavy (non-hydrogen) atoms. The van der Waals surface area contributed by atoms with Crippen molar-refractivity contribution in [1.82, 2.24) is 4.98 Å². The second-order valence-corrected chi connectivity index (χ2v) is 11.5. The molecule has 0 atom stereocenters. The van der Waals surface area contributed by atoms with Crippen LogP contribution >= 0.6 is 46.3 Å². The molecule has 6 rings (SSSR count). The van der Waals surface area contributed by atoms with E-state index in [0.717, 1.165) is 27.3 Å². The van der Waals surface area contributed by atoms with E-state index in [1.807, 2.05) is 83.8 Å². The van der Waals surface area contributed by atoms with Crippen LogP contribution in [0.2, 0.25) is 10.0 Å². The van der Waals surface area contributed by atoms with E-state index in [2.05, 4.69) is 16.9 Å². The first-order valence-corrected chi connectivity index (χ1v) is 14.7. The van der Waals surface area contributed by atoms with Crippen molar-refractivity contribution in [2.75, 3.05) is 15.8 Å². The molecule has 5 aromatic rings. The Kier molecular flexibility index (Phi) is 7.89. The Morgan fingerprint density at radius 2 is 1.39 bits per heavy atom. The van der Waals surface area contributed by atoms with Gasteiger partial charge in [0.25, 0.3) is 0 Å². The number of fused-ring (bicyclic) bond motifs is 1. The summed E-state index contributed by atoms with van der Waals surface area (Å²) in [5, 5.41) is 23.0. The summed E-state index contributed by atoms with van der Waals surface area (Å²) < 4.78 is 1.00. The van der Waals surface area contributed by atoms with Crippen molar-refractivity contribution in [3.8, 4) is 6.07 Å². The number of amidine groups is 1. The lowest BCUT2D eigenvalue weighted by Gasteiger charge is -2.20. The number of hydrogen-bond donors (Lipinski definition) is 2. The molecule has 1 aliphatic heterocycles. The summed E-state index contributed by atoms with van der Waals surface area (Å²) in [4.78, 5) is 6.69. The van der Waals surface area contributed by atoms with Gasteiger partial charge in [-0.05, 0) is 84.6 Å². The molecule has 7 nitrogen and oxygen atoms in total. The summed E-state index contributed by atoms with van der Waals surface area (Å²) in [5.41, 5.74) is 9.80. The van der Waals surface area contributed by atoms with E-state index in [1.54, 1.807) is 24.3 Å². The van der Waals surface area contributed by atoms with Gasteiger partial charge < -0.3 is 0 Å². The van der Waals surface area contributed by atoms with Gasteiger partial charge in [-0.25, -0.2) is 4.98 Å². The first-order valence-electron chi connectivity index (χ1n) is 12.3. The first-order chi connectivity index (χ1) is 20.1. The number of allylic oxidation sites excluding steroid dienone is 1. The summed E-state index contributed by atoms with van der Waals surface area (Å²) >= 11 is 15.0. The largest absolute Gasteiger partial charge is 0.284 e. The molecule has 0 amide bonds. The standard InChI is InChI=1S/C30H19Cl2N7S2/c31-19-10-14-21(15-11-19)35-37-27-29(38-36-22-16-12-20(32)13-17-22)41-30(39(27)23-6-2-1-3-7-23)24(18-33)28-34-25-8-4-5-9-26(25)40-28/h1-17,35-36H/b30-24-,37-27-,38-29+. The molecule has 2 N–H and O–H groups in total. The number of aromatic nitrogens is 1. The zero-order chi connectivity index (χ0) is 28.2. The molecule has 0 saturated carbocycles. The molecule has 200 valence electrons. The number of nitrogens with zero attached hydrogens (tertiary/aromatic N) is 5. The second-order valence-electron chi connectivity index (χ2n) is 8.64. The summed E-state index contributed by atoms with van der Waals surface area (Å²) in [6.07, 6.45) is 0. The zero-order valence-electron chi connectivity index (χ0n) is 21.1. The Balaban J connectivity index is 1.50. The van der Waals surface area contributed by atoms with Crippen LogP contribution in [-0.2, 0) is 0 Å². The Hall–Kier alpha value is -4.33. The summed E-state index contributed by atoms with van der Waals surface area (Å²) in [6, 6.07) is 34.5. The fourth-order valence-electron chi connectivity index (χ4n) is 3.97. The van der Waals surface area contributed by atoms with Crippen molar-refractivity contribution < 1.29 is 0 Å². The molecule has 4 aromatic carbocycles. The van der Waals surface area contributed by atoms with Gasteiger partial charge in [-0.3, -0.25) is 15.8 Å². The topological polar surface area (TPSA) is 88.7 Å². The van der Waals surface area contributed by atoms with Crippen LogP contribution in [-0.4, -0.2) is 15.9 Å². The number of benzene rings is 4. The molecule has 0 spiro atoms. The number of thiazole rings is 1. The van der Waals surface area contributed by atoms with Gasteiger partial charge in [0.05, 0.1) is 21.6 Å². The van der Waals surface area contributed by atoms with Crippen LogP contribution in [0.4, 0.5) is 17.1 Å². The van der Waals surface area contributed by atoms with Crippen LogP contribution < -0.4 is 15.8 Å². The van der Waals surface area contributed by atoms with E-state index < -0.39 is 0 Å². The van der Waals surface area contributed by atoms with Crippen LogP contribution in [0.15, 0.2) is 118 Å². The number of anilines is 3. The molecule has 0 radical (unpaired) electrons. The fraction of sp³-hybridized carbons (Fsp3) is 0. The monoisotopic (exact) mass is 611 g/mol. The molecule has 0 unspecified atom stereocenters. The Morgan fingerprint density at radius 1 is 0.780 bits per heavy atom. The molecule has 1 saturated heterocycles. The van der Waals surface area contributed by atoms with Crippen LogP contribution in [0, 0.1) is 11.3 Å². The number of nitrogens with one attached hydrogen (secondary N) is 2. The maximum absolute atomic E-state index is 10.5. The number of hydrogen-bond acceptors (Lipinski definition) is 8. The molecular formula is C30H19Cl2N7S2. The van der Waals surface area contributed by atoms with Gasteiger partial charge in [-0.2, -0.15) is 15.5 Å². The lowest BCUT2D eigenvalue weighted by atomic mass is 10.2. The van der Waals surface area contributed by atoms with Crippen molar-refractivity contribution in [2.45, 2.75) is 0 Å². The van der Waals surface area contributed by atoms with Gasteiger partial charge in [0.1, 0.15) is 21.7 Å². The Bertz CT molecular complexity index is 1810. The number of rotatable bonds is 6. The van der Waals surface area contributed by atoms with E-state index in [1.165, 1.54) is 23.1 Å². The fourth-order valence-corrected chi connectivity index (χ4v) is 6.28. The third-order valence-electron chi connectivity index (χ3n) is 5.91. The molecule has 0 aliphatic carbocycles. The van der Waals surface area contributed by atoms with E-state index >= 15 is 0 Å². The van der Waals surface area contributed by atoms with Crippen molar-refractivity contribution >= 4 is 90.0 Å². The average molecular weight is 613 g/mol. The van der Waals surface area contributed by atoms with E-state index in [4.69, 9.17) is 38.4 Å². The predicted molar refractivity (Wildman–Crippen MR) is 174 cm³/mol. The maximum atomic E-state index is 10.5. The number of para-hydroxylation sites is 2. The quantitative estimate of drug-likeness (QED) is 0.147. The molecule has 1 aliphatic rings. The Labute approximate surface area is 254 Å². The van der Waals surface area contributed by atoms with Crippen LogP contribution in [0.3, 0.4) is 0 Å². The second kappa shape index (κ2) is 12.0. The van der Waals surface area contributed by atoms with Crippen LogP contribution in [0.25, 0.3) is 15.8 Å². The van der Waals surface area contributed by atoms with Gasteiger partial charge in [0, 0.05) is 15.7 Å². The minimum absolute atomic E-state index is 0.427. The zero-order valence-corrected chi connectivity index (χ0v) is 24.3. The minimum atomic E-state index is 0.427. The average Bonchev–Trinajstić information content (AvgIpc) is 3.59. The van der Waals surface area contributed by atoms with E-state index in [9.17, 15) is 5.26 Å². The predicted octanol–water partition coefficient (Wildman–Crippen LogP) is 8.90. The lowest BCUT2D eigenvalue weighted by Crippen LogP contribution is -2.28. The van der Waals surface area contributed by atoms with Crippen molar-refractivity contribution in [3.05, 3.63) is 123 Å². The van der Waals surface area contributed by atoms with Crippen molar-refractivity contribution in [2.24, 2.45) is 10.2 Å². The molecule has 1 fully saturated rings. The number of nitriles is 1. The highest BCUT2D eigenvalue weighted by Gasteiger charge is 2.37. The summed E-state index contributed by atoms with van der Waals surface area (Å²) in [6.45, 7) is 0. The van der Waals surface area contributed by atoms with Gasteiger partial charge in [-0.1, -0.05) is 53.5 Å². The first kappa shape index (κ1) is 26.9. The van der Waals surface area contributed by atoms with E-state index in [-0.39, 0.29) is 0 Å². The highest BCUT2D eigenvalue weighted by molar-refractivity contribution is 8.20. The van der Waals surface area contributed by atoms with Gasteiger partial charge in [0.2, 0.25) is 0 Å². The minimum Gasteiger partial charge on any atom is -0.284 e. The maximum Gasteiger partial charge on any atom is 0.193 e. The number of thioether (sulfide) groups is 1. The molecular weight excluding hydrogens is 593 g/mol. The summed E-state index contributed by atoms with van der Waals surface area (Å²) in [5.74, 6) is 0.501. The smallest absolute Gasteiger partial charge is 0.193 e. The SMILES string of the molecule is N#C/C(=C1/SC(=N/Nc2ccc(Cl)cc2)/C(=N/Nc2ccc(Cl)cc2)N1c1ccccc1)c1nc2ccccc2s1. The normalized spacial score (nSPS) is 16.3. The number of halogens is 2. The highest BCUT2D eigenvalue weighted by Crippen LogP contribution is 2.42. The molecule has 2 heterocycles. The highest BCUT2D eigenvalue weighted by atomic mass is 35.5. The summed E-state index contributed by atoms with van der Waals surface area (Å²) in [7, 11) is 0. The lowest BCUT2D eigenvalue weighted by molar-refractivity contribution is 1.26. The van der Waals surface area contributed by atoms with Gasteiger partial charge in [0.15, 0.2) is 10.9 Å². The number of hydrazone groups is 2. The van der Waals surface area contributed by atoms with Gasteiger partial charge >= 0.3 is 0 Å². The molecule has 11 heteroatoms. The molecule has 0 bridgehead atoms. The van der Waals surface area contributed by atoms with E-state index in [0.29, 0.717) is 36.5 Å². The third kappa shape index (κ3) is 5.92. The Morgan fingerprint density at radius 3 is 2.02 bits per heavy atom. The van der Waals surface area contributed by atoms with Crippen molar-refractivity contribution in [3.63, 3.8) is 0 Å². The molecule has 1 aromatic heterocycles. The third-order valence-corrected chi connectivity index (χ3v) is 8.52. The van der Waals surface area contributed by atoms with Crippen LogP contribution in [0.5, 0.6) is 0 Å². The van der Waals surface area contributed by atoms with Crippen LogP contribution in [0.1, 0.15) is 5.01 Å².